The van der Waals surface area contributed by atoms with Gasteiger partial charge in [-0.2, -0.15) is 11.8 Å². The van der Waals surface area contributed by atoms with Gasteiger partial charge >= 0.3 is 0 Å². The summed E-state index contributed by atoms with van der Waals surface area (Å²) in [4.78, 5) is 6.89. The van der Waals surface area contributed by atoms with E-state index in [9.17, 15) is 0 Å². The molecule has 0 unspecified atom stereocenters. The van der Waals surface area contributed by atoms with E-state index in [1.165, 1.54) is 6.42 Å². The van der Waals surface area contributed by atoms with Crippen LogP contribution < -0.4 is 4.90 Å². The number of anilines is 1. The van der Waals surface area contributed by atoms with Crippen LogP contribution in [0, 0.1) is 0 Å². The number of thioether (sulfide) groups is 1. The Morgan fingerprint density at radius 1 is 1.35 bits per heavy atom. The average Bonchev–Trinajstić information content (AvgIpc) is 2.40. The molecule has 0 N–H and O–H groups in total. The van der Waals surface area contributed by atoms with Gasteiger partial charge in [0.2, 0.25) is 0 Å². The molecule has 94 valence electrons. The lowest BCUT2D eigenvalue weighted by molar-refractivity contribution is 0.634. The van der Waals surface area contributed by atoms with Gasteiger partial charge in [-0.15, -0.1) is 0 Å². The van der Waals surface area contributed by atoms with E-state index in [-0.39, 0.29) is 0 Å². The fourth-order valence-corrected chi connectivity index (χ4v) is 4.21. The van der Waals surface area contributed by atoms with Gasteiger partial charge in [0.15, 0.2) is 0 Å². The number of pyridine rings is 1. The van der Waals surface area contributed by atoms with Gasteiger partial charge in [0, 0.05) is 34.3 Å². The van der Waals surface area contributed by atoms with Crippen LogP contribution in [-0.4, -0.2) is 28.6 Å². The number of rotatable bonds is 1. The second-order valence-corrected chi connectivity index (χ2v) is 8.38. The van der Waals surface area contributed by atoms with Crippen molar-refractivity contribution in [1.29, 1.82) is 0 Å². The fraction of sp³-hybridized carbons (Fsp3) is 0.583. The zero-order valence-electron chi connectivity index (χ0n) is 10.0. The molecule has 5 heteroatoms. The summed E-state index contributed by atoms with van der Waals surface area (Å²) < 4.78 is 2.46. The van der Waals surface area contributed by atoms with Crippen LogP contribution in [-0.2, 0) is 0 Å². The van der Waals surface area contributed by atoms with E-state index in [1.54, 1.807) is 0 Å². The second-order valence-electron chi connectivity index (χ2n) is 4.80. The molecule has 1 saturated heterocycles. The van der Waals surface area contributed by atoms with E-state index in [4.69, 9.17) is 0 Å². The van der Waals surface area contributed by atoms with Crippen molar-refractivity contribution in [1.82, 2.24) is 4.98 Å². The quantitative estimate of drug-likeness (QED) is 0.722. The van der Waals surface area contributed by atoms with E-state index in [2.05, 4.69) is 73.4 Å². The Hall–Kier alpha value is 0.260. The first-order chi connectivity index (χ1) is 7.98. The van der Waals surface area contributed by atoms with Crippen LogP contribution in [0.2, 0.25) is 0 Å². The molecule has 1 aliphatic heterocycles. The first-order valence-electron chi connectivity index (χ1n) is 5.68. The highest BCUT2D eigenvalue weighted by Crippen LogP contribution is 2.34. The number of halogens is 2. The van der Waals surface area contributed by atoms with Gasteiger partial charge in [0.05, 0.1) is 4.47 Å². The van der Waals surface area contributed by atoms with Gasteiger partial charge in [-0.25, -0.2) is 4.98 Å². The predicted octanol–water partition coefficient (Wildman–Crippen LogP) is 4.33. The third kappa shape index (κ3) is 3.61. The number of hydrogen-bond acceptors (Lipinski definition) is 3. The maximum absolute atomic E-state index is 4.51. The topological polar surface area (TPSA) is 16.1 Å². The van der Waals surface area contributed by atoms with Crippen LogP contribution in [0.4, 0.5) is 5.82 Å². The van der Waals surface area contributed by atoms with Gasteiger partial charge in [0.25, 0.3) is 0 Å². The third-order valence-corrected chi connectivity index (χ3v) is 5.32. The average molecular weight is 380 g/mol. The van der Waals surface area contributed by atoms with Crippen molar-refractivity contribution in [2.45, 2.75) is 25.0 Å². The molecule has 0 atom stereocenters. The van der Waals surface area contributed by atoms with E-state index in [0.29, 0.717) is 4.75 Å². The molecular weight excluding hydrogens is 364 g/mol. The zero-order valence-corrected chi connectivity index (χ0v) is 14.0. The van der Waals surface area contributed by atoms with Gasteiger partial charge < -0.3 is 4.90 Å². The molecule has 0 amide bonds. The minimum absolute atomic E-state index is 0.386. The molecule has 2 nitrogen and oxygen atoms in total. The maximum atomic E-state index is 4.51. The van der Waals surface area contributed by atoms with Crippen LogP contribution in [0.15, 0.2) is 21.2 Å². The largest absolute Gasteiger partial charge is 0.355 e. The summed E-state index contributed by atoms with van der Waals surface area (Å²) in [5.41, 5.74) is 0. The predicted molar refractivity (Wildman–Crippen MR) is 83.0 cm³/mol. The van der Waals surface area contributed by atoms with Crippen molar-refractivity contribution in [2.75, 3.05) is 23.7 Å². The highest BCUT2D eigenvalue weighted by molar-refractivity contribution is 9.11. The molecule has 0 aromatic carbocycles. The van der Waals surface area contributed by atoms with E-state index in [0.717, 1.165) is 33.6 Å². The lowest BCUT2D eigenvalue weighted by atomic mass is 10.1. The molecule has 0 spiro atoms. The second kappa shape index (κ2) is 5.49. The van der Waals surface area contributed by atoms with Crippen LogP contribution in [0.3, 0.4) is 0 Å². The Labute approximate surface area is 124 Å². The first kappa shape index (κ1) is 13.7. The van der Waals surface area contributed by atoms with Gasteiger partial charge in [-0.05, 0) is 44.3 Å². The Balaban J connectivity index is 2.17. The van der Waals surface area contributed by atoms with Crippen LogP contribution in [0.5, 0.6) is 0 Å². The summed E-state index contributed by atoms with van der Waals surface area (Å²) in [5.74, 6) is 2.23. The summed E-state index contributed by atoms with van der Waals surface area (Å²) in [6.45, 7) is 6.80. The standard InChI is InChI=1S/C12H16Br2N2S/c1-12(2)3-4-16(5-6-17-12)11-10(14)7-9(13)8-15-11/h7-8H,3-6H2,1-2H3. The number of nitrogens with zero attached hydrogens (tertiary/aromatic N) is 2. The minimum atomic E-state index is 0.386. The van der Waals surface area contributed by atoms with Crippen molar-refractivity contribution >= 4 is 49.4 Å². The van der Waals surface area contributed by atoms with Gasteiger partial charge in [-0.3, -0.25) is 0 Å². The molecular formula is C12H16Br2N2S. The molecule has 2 rings (SSSR count). The van der Waals surface area contributed by atoms with Crippen LogP contribution >= 0.6 is 43.6 Å². The highest BCUT2D eigenvalue weighted by atomic mass is 79.9. The van der Waals surface area contributed by atoms with Gasteiger partial charge in [0.1, 0.15) is 5.82 Å². The summed E-state index contributed by atoms with van der Waals surface area (Å²) in [6, 6.07) is 2.06. The van der Waals surface area contributed by atoms with Crippen molar-refractivity contribution in [3.8, 4) is 0 Å². The molecule has 2 heterocycles. The zero-order chi connectivity index (χ0) is 12.5. The third-order valence-electron chi connectivity index (χ3n) is 2.93. The SMILES string of the molecule is CC1(C)CCN(c2ncc(Br)cc2Br)CCS1. The highest BCUT2D eigenvalue weighted by Gasteiger charge is 2.24. The summed E-state index contributed by atoms with van der Waals surface area (Å²) >= 11 is 9.09. The molecule has 1 aromatic rings. The lowest BCUT2D eigenvalue weighted by Crippen LogP contribution is -2.28. The summed E-state index contributed by atoms with van der Waals surface area (Å²) in [7, 11) is 0. The fourth-order valence-electron chi connectivity index (χ4n) is 1.87. The Morgan fingerprint density at radius 2 is 2.12 bits per heavy atom. The van der Waals surface area contributed by atoms with E-state index >= 15 is 0 Å². The van der Waals surface area contributed by atoms with Crippen LogP contribution in [0.25, 0.3) is 0 Å². The van der Waals surface area contributed by atoms with Crippen molar-refractivity contribution in [3.63, 3.8) is 0 Å². The lowest BCUT2D eigenvalue weighted by Gasteiger charge is -2.24. The smallest absolute Gasteiger partial charge is 0.142 e. The normalized spacial score (nSPS) is 20.1. The minimum Gasteiger partial charge on any atom is -0.355 e. The molecule has 0 bridgehead atoms. The molecule has 1 aliphatic rings. The molecule has 0 saturated carbocycles. The molecule has 0 radical (unpaired) electrons. The molecule has 1 fully saturated rings. The van der Waals surface area contributed by atoms with Crippen molar-refractivity contribution < 1.29 is 0 Å². The van der Waals surface area contributed by atoms with E-state index < -0.39 is 0 Å². The van der Waals surface area contributed by atoms with Crippen LogP contribution in [0.1, 0.15) is 20.3 Å². The monoisotopic (exact) mass is 378 g/mol. The maximum Gasteiger partial charge on any atom is 0.142 e. The summed E-state index contributed by atoms with van der Waals surface area (Å²) in [6.07, 6.45) is 3.06. The van der Waals surface area contributed by atoms with Gasteiger partial charge in [-0.1, -0.05) is 13.8 Å². The first-order valence-corrected chi connectivity index (χ1v) is 8.25. The number of aromatic nitrogens is 1. The Morgan fingerprint density at radius 3 is 2.82 bits per heavy atom. The Kier molecular flexibility index (Phi) is 4.42. The summed E-state index contributed by atoms with van der Waals surface area (Å²) in [5, 5.41) is 0. The van der Waals surface area contributed by atoms with Crippen molar-refractivity contribution in [2.24, 2.45) is 0 Å². The molecule has 17 heavy (non-hydrogen) atoms. The number of hydrogen-bond donors (Lipinski definition) is 0. The van der Waals surface area contributed by atoms with E-state index in [1.807, 2.05) is 6.20 Å². The molecule has 1 aromatic heterocycles. The molecule has 0 aliphatic carbocycles. The van der Waals surface area contributed by atoms with Crippen molar-refractivity contribution in [3.05, 3.63) is 21.2 Å². The Bertz CT molecular complexity index is 409.